The fourth-order valence-corrected chi connectivity index (χ4v) is 12.4. The normalized spacial score (nSPS) is 54.2. The zero-order valence-corrected chi connectivity index (χ0v) is 24.6. The molecule has 5 nitrogen and oxygen atoms in total. The Morgan fingerprint density at radius 3 is 2.32 bits per heavy atom. The van der Waals surface area contributed by atoms with Gasteiger partial charge >= 0.3 is 6.16 Å². The van der Waals surface area contributed by atoms with Crippen LogP contribution in [0.4, 0.5) is 4.79 Å². The van der Waals surface area contributed by atoms with Crippen LogP contribution >= 0.6 is 0 Å². The number of carbonyl (C=O) groups is 1. The lowest BCUT2D eigenvalue weighted by molar-refractivity contribution is -0.177. The first kappa shape index (κ1) is 26.4. The van der Waals surface area contributed by atoms with Gasteiger partial charge < -0.3 is 19.3 Å². The molecule has 0 aromatic heterocycles. The Labute approximate surface area is 224 Å². The first-order valence-corrected chi connectivity index (χ1v) is 15.4. The first-order valence-electron chi connectivity index (χ1n) is 15.4. The van der Waals surface area contributed by atoms with Crippen molar-refractivity contribution in [1.29, 1.82) is 0 Å². The van der Waals surface area contributed by atoms with Crippen LogP contribution in [0, 0.1) is 56.7 Å². The number of rotatable bonds is 3. The average molecular weight is 517 g/mol. The fourth-order valence-electron chi connectivity index (χ4n) is 12.4. The van der Waals surface area contributed by atoms with Crippen LogP contribution in [0.5, 0.6) is 0 Å². The van der Waals surface area contributed by atoms with Crippen LogP contribution in [0.25, 0.3) is 0 Å². The highest BCUT2D eigenvalue weighted by Crippen LogP contribution is 2.89. The maximum atomic E-state index is 12.0. The molecule has 0 radical (unpaired) electrons. The van der Waals surface area contributed by atoms with Gasteiger partial charge in [0.15, 0.2) is 0 Å². The lowest BCUT2D eigenvalue weighted by Crippen LogP contribution is -2.58. The molecule has 6 rings (SSSR count). The van der Waals surface area contributed by atoms with Gasteiger partial charge in [-0.25, -0.2) is 4.79 Å². The molecule has 2 spiro atoms. The van der Waals surface area contributed by atoms with Gasteiger partial charge in [-0.15, -0.1) is 0 Å². The highest BCUT2D eigenvalue weighted by atomic mass is 16.7. The summed E-state index contributed by atoms with van der Waals surface area (Å²) in [5.41, 5.74) is 1.53. The lowest BCUT2D eigenvalue weighted by atomic mass is 9.41. The van der Waals surface area contributed by atoms with Gasteiger partial charge in [0, 0.05) is 0 Å². The third kappa shape index (κ3) is 3.19. The summed E-state index contributed by atoms with van der Waals surface area (Å²) in [5.74, 6) is 2.71. The number of methoxy groups -OCH3 is 1. The van der Waals surface area contributed by atoms with Gasteiger partial charge in [0.25, 0.3) is 0 Å². The summed E-state index contributed by atoms with van der Waals surface area (Å²) in [6, 6.07) is 0. The summed E-state index contributed by atoms with van der Waals surface area (Å²) >= 11 is 0. The van der Waals surface area contributed by atoms with Gasteiger partial charge in [-0.1, -0.05) is 48.5 Å². The Bertz CT molecular complexity index is 945. The van der Waals surface area contributed by atoms with Crippen molar-refractivity contribution in [3.63, 3.8) is 0 Å². The van der Waals surface area contributed by atoms with Crippen LogP contribution < -0.4 is 0 Å². The molecule has 0 aromatic carbocycles. The van der Waals surface area contributed by atoms with Gasteiger partial charge in [-0.2, -0.15) is 0 Å². The summed E-state index contributed by atoms with van der Waals surface area (Å²) in [6.07, 6.45) is 10.1. The zero-order chi connectivity index (χ0) is 26.8. The third-order valence-corrected chi connectivity index (χ3v) is 14.1. The summed E-state index contributed by atoms with van der Waals surface area (Å²) < 4.78 is 17.6. The minimum Gasteiger partial charge on any atom is -0.438 e. The zero-order valence-electron chi connectivity index (χ0n) is 24.6. The van der Waals surface area contributed by atoms with E-state index in [0.717, 1.165) is 25.2 Å². The molecule has 0 aromatic rings. The molecule has 0 bridgehead atoms. The van der Waals surface area contributed by atoms with E-state index < -0.39 is 6.16 Å². The largest absolute Gasteiger partial charge is 0.508 e. The second-order valence-corrected chi connectivity index (χ2v) is 15.8. The van der Waals surface area contributed by atoms with Crippen LogP contribution in [0.15, 0.2) is 0 Å². The molecule has 5 heteroatoms. The van der Waals surface area contributed by atoms with Crippen LogP contribution in [0.3, 0.4) is 0 Å². The Morgan fingerprint density at radius 2 is 1.65 bits per heavy atom. The van der Waals surface area contributed by atoms with Gasteiger partial charge in [-0.05, 0) is 114 Å². The summed E-state index contributed by atoms with van der Waals surface area (Å²) in [5, 5.41) is 10.9. The van der Waals surface area contributed by atoms with Crippen molar-refractivity contribution in [2.75, 3.05) is 7.11 Å². The Hall–Kier alpha value is -0.810. The second kappa shape index (κ2) is 8.12. The number of hydrogen-bond acceptors (Lipinski definition) is 5. The van der Waals surface area contributed by atoms with Crippen LogP contribution in [0.2, 0.25) is 0 Å². The van der Waals surface area contributed by atoms with E-state index in [4.69, 9.17) is 14.2 Å². The van der Waals surface area contributed by atoms with Gasteiger partial charge in [0.05, 0.1) is 25.4 Å². The summed E-state index contributed by atoms with van der Waals surface area (Å²) in [7, 11) is 1.38. The highest BCUT2D eigenvalue weighted by molar-refractivity contribution is 5.59. The maximum Gasteiger partial charge on any atom is 0.508 e. The van der Waals surface area contributed by atoms with Crippen molar-refractivity contribution in [2.24, 2.45) is 56.7 Å². The molecule has 12 atom stereocenters. The van der Waals surface area contributed by atoms with E-state index in [-0.39, 0.29) is 46.6 Å². The molecular formula is C32H52O5. The fraction of sp³-hybridized carbons (Fsp3) is 0.969. The van der Waals surface area contributed by atoms with Crippen molar-refractivity contribution in [1.82, 2.24) is 0 Å². The van der Waals surface area contributed by atoms with Crippen molar-refractivity contribution < 1.29 is 24.1 Å². The maximum absolute atomic E-state index is 12.0. The molecule has 6 fully saturated rings. The van der Waals surface area contributed by atoms with Crippen molar-refractivity contribution in [3.8, 4) is 0 Å². The van der Waals surface area contributed by atoms with Crippen LogP contribution in [0.1, 0.15) is 106 Å². The number of aliphatic hydroxyl groups excluding tert-OH is 1. The minimum atomic E-state index is -0.602. The van der Waals surface area contributed by atoms with Crippen molar-refractivity contribution in [2.45, 2.75) is 131 Å². The van der Waals surface area contributed by atoms with E-state index in [1.807, 2.05) is 0 Å². The van der Waals surface area contributed by atoms with Crippen LogP contribution in [-0.2, 0) is 14.2 Å². The molecule has 0 amide bonds. The first-order chi connectivity index (χ1) is 17.3. The van der Waals surface area contributed by atoms with Gasteiger partial charge in [0.2, 0.25) is 0 Å². The second-order valence-electron chi connectivity index (χ2n) is 15.8. The summed E-state index contributed by atoms with van der Waals surface area (Å²) in [4.78, 5) is 12.0. The molecule has 1 aliphatic heterocycles. The molecule has 5 saturated carbocycles. The van der Waals surface area contributed by atoms with Crippen molar-refractivity contribution in [3.05, 3.63) is 0 Å². The van der Waals surface area contributed by atoms with E-state index in [9.17, 15) is 9.90 Å². The molecule has 210 valence electrons. The number of ether oxygens (including phenoxy) is 3. The molecular weight excluding hydrogens is 464 g/mol. The van der Waals surface area contributed by atoms with Crippen molar-refractivity contribution >= 4 is 6.16 Å². The molecule has 1 heterocycles. The number of fused-ring (bicyclic) bond motifs is 4. The lowest BCUT2D eigenvalue weighted by Gasteiger charge is -2.63. The number of carbonyl (C=O) groups excluding carboxylic acids is 1. The van der Waals surface area contributed by atoms with E-state index in [2.05, 4.69) is 48.5 Å². The highest BCUT2D eigenvalue weighted by Gasteiger charge is 2.83. The third-order valence-electron chi connectivity index (χ3n) is 14.1. The average Bonchev–Trinajstić information content (AvgIpc) is 3.43. The number of hydrogen-bond donors (Lipinski definition) is 1. The van der Waals surface area contributed by atoms with Crippen LogP contribution in [-0.4, -0.2) is 42.8 Å². The topological polar surface area (TPSA) is 65.0 Å². The molecule has 1 N–H and O–H groups in total. The van der Waals surface area contributed by atoms with E-state index in [0.29, 0.717) is 28.6 Å². The SMILES string of the molecule is COC(=O)OC(C(C)C)C1C[C@@H](C)C2C(C[C@@]3(C)C4CCC5C(C)(C)C(O)CCC56CC46CCC23C)O1. The van der Waals surface area contributed by atoms with Gasteiger partial charge in [-0.3, -0.25) is 0 Å². The Kier molecular flexibility index (Phi) is 5.79. The van der Waals surface area contributed by atoms with E-state index >= 15 is 0 Å². The molecule has 37 heavy (non-hydrogen) atoms. The smallest absolute Gasteiger partial charge is 0.438 e. The summed E-state index contributed by atoms with van der Waals surface area (Å²) in [6.45, 7) is 16.6. The quantitative estimate of drug-likeness (QED) is 0.409. The monoisotopic (exact) mass is 516 g/mol. The molecule has 10 unspecified atom stereocenters. The molecule has 6 aliphatic rings. The standard InChI is InChI=1S/C32H52O5/c1-18(2)26(37-27(34)35-8)20-15-19(3)25-21(36-20)16-30(7)23-10-9-22-28(4,5)24(33)11-12-31(22)17-32(23,31)14-13-29(25,30)6/h18-26,33H,9-17H2,1-8H3/t19-,20?,21?,22?,23?,24?,25?,26?,29?,30+,31?,32?/m1/s1. The Morgan fingerprint density at radius 1 is 0.973 bits per heavy atom. The number of aliphatic hydroxyl groups is 1. The van der Waals surface area contributed by atoms with E-state index in [1.165, 1.54) is 45.6 Å². The Balaban J connectivity index is 1.29. The molecule has 5 aliphatic carbocycles. The predicted molar refractivity (Wildman–Crippen MR) is 143 cm³/mol. The molecule has 1 saturated heterocycles. The minimum absolute atomic E-state index is 0.0361. The van der Waals surface area contributed by atoms with Gasteiger partial charge in [0.1, 0.15) is 6.10 Å². The van der Waals surface area contributed by atoms with E-state index in [1.54, 1.807) is 0 Å². The predicted octanol–water partition coefficient (Wildman–Crippen LogP) is 7.00.